The maximum atomic E-state index is 12.7. The zero-order valence-corrected chi connectivity index (χ0v) is 36.2. The highest BCUT2D eigenvalue weighted by atomic mass is 32.2. The topological polar surface area (TPSA) is 307 Å². The molecule has 26 heteroatoms. The van der Waals surface area contributed by atoms with Crippen molar-refractivity contribution in [2.45, 2.75) is 9.79 Å². The number of benzene rings is 2. The number of hydrogen-bond acceptors (Lipinski definition) is 24. The SMILES string of the molecule is CN(C)CCOc1nc(Nc2ccc(/C=C/c3ccc(Nc4nc(OCCN(C)C)nc(N(CCO)CCO)n4)cc3S(=O)(=O)O)c(SOOO)c2)nc(N(CCO)CCO)n1. The van der Waals surface area contributed by atoms with Gasteiger partial charge in [0.1, 0.15) is 18.1 Å². The second-order valence-corrected chi connectivity index (χ2v) is 15.6. The van der Waals surface area contributed by atoms with Gasteiger partial charge in [0.2, 0.25) is 23.8 Å². The normalized spacial score (nSPS) is 11.7. The van der Waals surface area contributed by atoms with Crippen LogP contribution in [0, 0.1) is 0 Å². The van der Waals surface area contributed by atoms with Crippen LogP contribution in [0.15, 0.2) is 46.2 Å². The van der Waals surface area contributed by atoms with E-state index in [2.05, 4.69) is 45.6 Å². The number of nitrogens with one attached hydrogen (secondary N) is 2. The number of aromatic nitrogens is 6. The van der Waals surface area contributed by atoms with Crippen LogP contribution in [0.4, 0.5) is 35.2 Å². The van der Waals surface area contributed by atoms with Crippen LogP contribution < -0.4 is 29.9 Å². The Morgan fingerprint density at radius 2 is 1.10 bits per heavy atom. The molecule has 24 nitrogen and oxygen atoms in total. The van der Waals surface area contributed by atoms with E-state index in [-0.39, 0.29) is 113 Å². The smallest absolute Gasteiger partial charge is 0.323 e. The number of aliphatic hydroxyl groups excluding tert-OH is 4. The van der Waals surface area contributed by atoms with Crippen LogP contribution in [0.25, 0.3) is 12.2 Å². The lowest BCUT2D eigenvalue weighted by atomic mass is 10.1. The number of likely N-dealkylation sites (N-methyl/N-ethyl adjacent to an activating group) is 2. The Bertz CT molecular complexity index is 2150. The van der Waals surface area contributed by atoms with Crippen molar-refractivity contribution in [3.8, 4) is 12.0 Å². The minimum absolute atomic E-state index is 0.00238. The van der Waals surface area contributed by atoms with Gasteiger partial charge < -0.3 is 60.1 Å². The molecule has 4 aromatic rings. The van der Waals surface area contributed by atoms with Gasteiger partial charge in [-0.05, 0) is 63.6 Å². The van der Waals surface area contributed by atoms with Gasteiger partial charge in [-0.15, -0.1) is 4.33 Å². The minimum atomic E-state index is -4.81. The molecule has 0 aliphatic carbocycles. The van der Waals surface area contributed by atoms with E-state index in [0.29, 0.717) is 41.3 Å². The highest BCUT2D eigenvalue weighted by molar-refractivity contribution is 7.94. The van der Waals surface area contributed by atoms with Crippen molar-refractivity contribution in [3.63, 3.8) is 0 Å². The molecule has 0 saturated carbocycles. The largest absolute Gasteiger partial charge is 0.462 e. The lowest BCUT2D eigenvalue weighted by Crippen LogP contribution is -2.31. The molecular formula is C36H52N12O12S2. The van der Waals surface area contributed by atoms with Gasteiger partial charge >= 0.3 is 12.0 Å². The third kappa shape index (κ3) is 16.0. The fourth-order valence-electron chi connectivity index (χ4n) is 5.25. The monoisotopic (exact) mass is 908 g/mol. The van der Waals surface area contributed by atoms with Crippen LogP contribution >= 0.6 is 12.0 Å². The molecule has 0 aliphatic heterocycles. The third-order valence-electron chi connectivity index (χ3n) is 8.20. The standard InChI is InChI=1S/C36H52N12O12S2/c1-45(2)15-21-57-35-41-31(39-33(43-35)47(11-17-49)12-18-50)37-27-9-7-25(29(23-27)61-60-59-53)5-6-26-8-10-28(24-30(26)62(54,55)56)38-32-40-34(48(13-19-51)14-20-52)44-36(42-32)58-22-16-46(3)4/h5-10,23-24,49-53H,11-22H2,1-4H3,(H,54,55,56)(H,37,39,41,43)(H,38,40,42,44)/b6-5+. The van der Waals surface area contributed by atoms with Crippen molar-refractivity contribution in [2.75, 3.05) is 128 Å². The van der Waals surface area contributed by atoms with Gasteiger partial charge in [0.15, 0.2) is 0 Å². The van der Waals surface area contributed by atoms with Crippen LogP contribution in [0.3, 0.4) is 0 Å². The van der Waals surface area contributed by atoms with E-state index in [9.17, 15) is 33.4 Å². The maximum absolute atomic E-state index is 12.7. The summed E-state index contributed by atoms with van der Waals surface area (Å²) in [6.07, 6.45) is 2.97. The Balaban J connectivity index is 1.66. The van der Waals surface area contributed by atoms with Crippen LogP contribution in [-0.4, -0.2) is 185 Å². The van der Waals surface area contributed by atoms with Gasteiger partial charge in [-0.2, -0.15) is 38.3 Å². The molecule has 0 spiro atoms. The van der Waals surface area contributed by atoms with E-state index in [1.165, 1.54) is 35.3 Å². The molecule has 0 amide bonds. The predicted molar refractivity (Wildman–Crippen MR) is 229 cm³/mol. The Hall–Kier alpha value is -5.10. The first-order chi connectivity index (χ1) is 29.8. The Morgan fingerprint density at radius 1 is 0.645 bits per heavy atom. The lowest BCUT2D eigenvalue weighted by Gasteiger charge is -2.21. The van der Waals surface area contributed by atoms with E-state index in [0.717, 1.165) is 0 Å². The Morgan fingerprint density at radius 3 is 1.53 bits per heavy atom. The minimum Gasteiger partial charge on any atom is -0.462 e. The molecule has 2 heterocycles. The van der Waals surface area contributed by atoms with Crippen molar-refractivity contribution in [1.29, 1.82) is 0 Å². The summed E-state index contributed by atoms with van der Waals surface area (Å²) in [6.45, 7) is 1.10. The molecule has 0 atom stereocenters. The van der Waals surface area contributed by atoms with Crippen LogP contribution in [-0.2, 0) is 19.5 Å². The predicted octanol–water partition coefficient (Wildman–Crippen LogP) is 0.852. The van der Waals surface area contributed by atoms with Crippen molar-refractivity contribution < 1.29 is 57.5 Å². The van der Waals surface area contributed by atoms with Gasteiger partial charge in [0.25, 0.3) is 10.1 Å². The summed E-state index contributed by atoms with van der Waals surface area (Å²) in [7, 11) is 2.69. The number of rotatable bonds is 28. The van der Waals surface area contributed by atoms with Gasteiger partial charge in [0, 0.05) is 55.5 Å². The second-order valence-electron chi connectivity index (χ2n) is 13.4. The van der Waals surface area contributed by atoms with E-state index < -0.39 is 15.0 Å². The molecule has 0 fully saturated rings. The molecule has 62 heavy (non-hydrogen) atoms. The van der Waals surface area contributed by atoms with Crippen molar-refractivity contribution in [1.82, 2.24) is 39.7 Å². The highest BCUT2D eigenvalue weighted by Crippen LogP contribution is 2.32. The Kier molecular flexibility index (Phi) is 20.1. The zero-order valence-electron chi connectivity index (χ0n) is 34.5. The fourth-order valence-corrected chi connectivity index (χ4v) is 6.47. The van der Waals surface area contributed by atoms with E-state index >= 15 is 0 Å². The van der Waals surface area contributed by atoms with Gasteiger partial charge in [-0.1, -0.05) is 29.3 Å². The Labute approximate surface area is 362 Å². The summed E-state index contributed by atoms with van der Waals surface area (Å²) in [5.74, 6) is 0.245. The first kappa shape index (κ1) is 49.6. The van der Waals surface area contributed by atoms with E-state index in [1.54, 1.807) is 23.1 Å². The summed E-state index contributed by atoms with van der Waals surface area (Å²) < 4.78 is 51.9. The van der Waals surface area contributed by atoms with Crippen LogP contribution in [0.5, 0.6) is 12.0 Å². The average molecular weight is 909 g/mol. The van der Waals surface area contributed by atoms with Gasteiger partial charge in [-0.25, -0.2) is 5.26 Å². The number of anilines is 6. The molecule has 2 aromatic carbocycles. The zero-order chi connectivity index (χ0) is 45.1. The average Bonchev–Trinajstić information content (AvgIpc) is 3.22. The molecular weight excluding hydrogens is 857 g/mol. The molecule has 8 N–H and O–H groups in total. The molecule has 0 bridgehead atoms. The lowest BCUT2D eigenvalue weighted by molar-refractivity contribution is -0.432. The van der Waals surface area contributed by atoms with Gasteiger partial charge in [0.05, 0.1) is 38.5 Å². The maximum Gasteiger partial charge on any atom is 0.323 e. The van der Waals surface area contributed by atoms with Gasteiger partial charge in [-0.3, -0.25) is 4.55 Å². The summed E-state index contributed by atoms with van der Waals surface area (Å²) in [6, 6.07) is 8.97. The fraction of sp³-hybridized carbons (Fsp3) is 0.444. The summed E-state index contributed by atoms with van der Waals surface area (Å²) in [4.78, 5) is 32.9. The second kappa shape index (κ2) is 25.1. The van der Waals surface area contributed by atoms with Crippen LogP contribution in [0.2, 0.25) is 0 Å². The van der Waals surface area contributed by atoms with Crippen molar-refractivity contribution >= 4 is 69.5 Å². The van der Waals surface area contributed by atoms with E-state index in [4.69, 9.17) is 19.1 Å². The number of ether oxygens (including phenoxy) is 2. The summed E-state index contributed by atoms with van der Waals surface area (Å²) in [5.41, 5.74) is 1.14. The van der Waals surface area contributed by atoms with Crippen molar-refractivity contribution in [3.05, 3.63) is 47.5 Å². The van der Waals surface area contributed by atoms with Crippen molar-refractivity contribution in [2.24, 2.45) is 0 Å². The summed E-state index contributed by atoms with van der Waals surface area (Å²) in [5, 5.41) is 57.1. The quantitative estimate of drug-likeness (QED) is 0.0129. The molecule has 0 saturated heterocycles. The number of nitrogens with zero attached hydrogens (tertiary/aromatic N) is 10. The first-order valence-electron chi connectivity index (χ1n) is 18.9. The summed E-state index contributed by atoms with van der Waals surface area (Å²) >= 11 is 0.625. The molecule has 0 aliphatic rings. The molecule has 0 unspecified atom stereocenters. The third-order valence-corrected chi connectivity index (χ3v) is 9.78. The molecule has 0 radical (unpaired) electrons. The van der Waals surface area contributed by atoms with E-state index in [1.807, 2.05) is 38.0 Å². The van der Waals surface area contributed by atoms with Crippen LogP contribution in [0.1, 0.15) is 11.1 Å². The number of aliphatic hydroxyl groups is 4. The highest BCUT2D eigenvalue weighted by Gasteiger charge is 2.19. The first-order valence-corrected chi connectivity index (χ1v) is 21.1. The molecule has 2 aromatic heterocycles. The number of hydrogen-bond donors (Lipinski definition) is 8. The molecule has 4 rings (SSSR count). The molecule has 340 valence electrons.